The number of aryl methyl sites for hydroxylation is 1. The third-order valence-electron chi connectivity index (χ3n) is 5.13. The first-order valence-corrected chi connectivity index (χ1v) is 10.7. The lowest BCUT2D eigenvalue weighted by Crippen LogP contribution is -2.28. The van der Waals surface area contributed by atoms with Crippen LogP contribution < -0.4 is 5.32 Å². The van der Waals surface area contributed by atoms with Crippen molar-refractivity contribution in [3.8, 4) is 11.4 Å². The third kappa shape index (κ3) is 5.27. The monoisotopic (exact) mass is 438 g/mol. The Hall–Kier alpha value is -3.26. The number of benzene rings is 2. The summed E-state index contributed by atoms with van der Waals surface area (Å²) in [5.74, 6) is 0.278. The van der Waals surface area contributed by atoms with E-state index >= 15 is 0 Å². The highest BCUT2D eigenvalue weighted by Crippen LogP contribution is 2.24. The molecule has 0 aliphatic carbocycles. The van der Waals surface area contributed by atoms with Crippen LogP contribution in [0.15, 0.2) is 48.5 Å². The molecule has 1 N–H and O–H groups in total. The van der Waals surface area contributed by atoms with E-state index in [4.69, 9.17) is 11.6 Å². The van der Waals surface area contributed by atoms with Crippen LogP contribution >= 0.6 is 11.6 Å². The van der Waals surface area contributed by atoms with Gasteiger partial charge in [-0.1, -0.05) is 41.9 Å². The molecule has 1 aliphatic rings. The number of amides is 2. The van der Waals surface area contributed by atoms with Crippen molar-refractivity contribution in [2.45, 2.75) is 32.2 Å². The van der Waals surface area contributed by atoms with Gasteiger partial charge in [0.25, 0.3) is 5.91 Å². The van der Waals surface area contributed by atoms with Crippen LogP contribution in [0.3, 0.4) is 0 Å². The highest BCUT2D eigenvalue weighted by atomic mass is 35.5. The number of nitrogens with zero attached hydrogens (tertiary/aromatic N) is 5. The molecule has 8 nitrogen and oxygen atoms in total. The van der Waals surface area contributed by atoms with Crippen molar-refractivity contribution >= 4 is 29.1 Å². The summed E-state index contributed by atoms with van der Waals surface area (Å²) >= 11 is 6.10. The largest absolute Gasteiger partial charge is 0.339 e. The molecule has 1 saturated heterocycles. The fourth-order valence-electron chi connectivity index (χ4n) is 3.53. The van der Waals surface area contributed by atoms with E-state index in [0.717, 1.165) is 31.5 Å². The second-order valence-electron chi connectivity index (χ2n) is 7.42. The molecule has 0 bridgehead atoms. The fourth-order valence-corrected chi connectivity index (χ4v) is 3.70. The second-order valence-corrected chi connectivity index (χ2v) is 7.85. The van der Waals surface area contributed by atoms with Crippen LogP contribution in [0.4, 0.5) is 5.69 Å². The molecule has 31 heavy (non-hydrogen) atoms. The standard InChI is InChI=1S/C22H23ClN6O2/c23-17-10-11-18(22(31)28-12-4-5-13-28)19(15-17)24-20(30)9-6-14-29-26-21(25-27-29)16-7-2-1-3-8-16/h1-3,7-8,10-11,15H,4-6,9,12-14H2,(H,24,30). The summed E-state index contributed by atoms with van der Waals surface area (Å²) < 4.78 is 0. The van der Waals surface area contributed by atoms with Gasteiger partial charge in [-0.3, -0.25) is 9.59 Å². The summed E-state index contributed by atoms with van der Waals surface area (Å²) in [6, 6.07) is 14.5. The number of likely N-dealkylation sites (tertiary alicyclic amines) is 1. The van der Waals surface area contributed by atoms with E-state index in [0.29, 0.717) is 35.1 Å². The van der Waals surface area contributed by atoms with Crippen LogP contribution in [-0.2, 0) is 11.3 Å². The van der Waals surface area contributed by atoms with Crippen LogP contribution in [0.25, 0.3) is 11.4 Å². The average Bonchev–Trinajstić information content (AvgIpc) is 3.47. The topological polar surface area (TPSA) is 93.0 Å². The molecule has 1 aromatic heterocycles. The molecule has 2 aromatic carbocycles. The molecule has 9 heteroatoms. The lowest BCUT2D eigenvalue weighted by Gasteiger charge is -2.18. The minimum atomic E-state index is -0.193. The molecule has 160 valence electrons. The van der Waals surface area contributed by atoms with Crippen molar-refractivity contribution in [1.29, 1.82) is 0 Å². The molecule has 0 unspecified atom stereocenters. The van der Waals surface area contributed by atoms with Crippen LogP contribution in [0.1, 0.15) is 36.0 Å². The summed E-state index contributed by atoms with van der Waals surface area (Å²) in [6.07, 6.45) is 2.80. The number of hydrogen-bond acceptors (Lipinski definition) is 5. The van der Waals surface area contributed by atoms with Crippen molar-refractivity contribution in [2.75, 3.05) is 18.4 Å². The normalized spacial score (nSPS) is 13.4. The maximum absolute atomic E-state index is 12.8. The van der Waals surface area contributed by atoms with Crippen molar-refractivity contribution in [3.05, 3.63) is 59.1 Å². The minimum Gasteiger partial charge on any atom is -0.339 e. The van der Waals surface area contributed by atoms with Gasteiger partial charge in [0.15, 0.2) is 0 Å². The van der Waals surface area contributed by atoms with Gasteiger partial charge in [0, 0.05) is 30.1 Å². The van der Waals surface area contributed by atoms with Gasteiger partial charge >= 0.3 is 0 Å². The van der Waals surface area contributed by atoms with Crippen LogP contribution in [0, 0.1) is 0 Å². The highest BCUT2D eigenvalue weighted by molar-refractivity contribution is 6.31. The van der Waals surface area contributed by atoms with E-state index in [1.165, 1.54) is 4.80 Å². The zero-order chi connectivity index (χ0) is 21.6. The number of carbonyl (C=O) groups excluding carboxylic acids is 2. The number of hydrogen-bond donors (Lipinski definition) is 1. The van der Waals surface area contributed by atoms with Crippen molar-refractivity contribution < 1.29 is 9.59 Å². The average molecular weight is 439 g/mol. The number of halogens is 1. The van der Waals surface area contributed by atoms with Gasteiger partial charge in [-0.15, -0.1) is 10.2 Å². The van der Waals surface area contributed by atoms with Crippen molar-refractivity contribution in [3.63, 3.8) is 0 Å². The number of rotatable bonds is 7. The smallest absolute Gasteiger partial charge is 0.255 e. The zero-order valence-electron chi connectivity index (χ0n) is 17.0. The van der Waals surface area contributed by atoms with Gasteiger partial charge in [-0.05, 0) is 42.7 Å². The third-order valence-corrected chi connectivity index (χ3v) is 5.36. The number of nitrogens with one attached hydrogen (secondary N) is 1. The molecule has 2 heterocycles. The van der Waals surface area contributed by atoms with Gasteiger partial charge in [0.05, 0.1) is 17.8 Å². The van der Waals surface area contributed by atoms with Gasteiger partial charge < -0.3 is 10.2 Å². The predicted molar refractivity (Wildman–Crippen MR) is 118 cm³/mol. The van der Waals surface area contributed by atoms with E-state index in [9.17, 15) is 9.59 Å². The molecule has 0 saturated carbocycles. The molecule has 1 fully saturated rings. The summed E-state index contributed by atoms with van der Waals surface area (Å²) in [6.45, 7) is 1.94. The predicted octanol–water partition coefficient (Wildman–Crippen LogP) is 3.65. The maximum Gasteiger partial charge on any atom is 0.255 e. The number of aromatic nitrogens is 4. The van der Waals surface area contributed by atoms with Crippen LogP contribution in [0.5, 0.6) is 0 Å². The van der Waals surface area contributed by atoms with Gasteiger partial charge in [-0.2, -0.15) is 4.80 Å². The molecular weight excluding hydrogens is 416 g/mol. The molecule has 3 aromatic rings. The Morgan fingerprint density at radius 2 is 1.84 bits per heavy atom. The van der Waals surface area contributed by atoms with E-state index in [2.05, 4.69) is 20.7 Å². The quantitative estimate of drug-likeness (QED) is 0.607. The van der Waals surface area contributed by atoms with Gasteiger partial charge in [-0.25, -0.2) is 0 Å². The summed E-state index contributed by atoms with van der Waals surface area (Å²) in [7, 11) is 0. The minimum absolute atomic E-state index is 0.0790. The molecule has 0 atom stereocenters. The molecule has 4 rings (SSSR count). The molecular formula is C22H23ClN6O2. The van der Waals surface area contributed by atoms with E-state index in [1.54, 1.807) is 23.1 Å². The molecule has 2 amide bonds. The van der Waals surface area contributed by atoms with E-state index in [1.807, 2.05) is 30.3 Å². The number of tetrazole rings is 1. The van der Waals surface area contributed by atoms with Crippen molar-refractivity contribution in [1.82, 2.24) is 25.1 Å². The Labute approximate surface area is 185 Å². The van der Waals surface area contributed by atoms with Crippen molar-refractivity contribution in [2.24, 2.45) is 0 Å². The Morgan fingerprint density at radius 3 is 2.61 bits per heavy atom. The summed E-state index contributed by atoms with van der Waals surface area (Å²) in [5, 5.41) is 15.7. The Balaban J connectivity index is 1.33. The first-order chi connectivity index (χ1) is 15.1. The Bertz CT molecular complexity index is 1060. The van der Waals surface area contributed by atoms with E-state index < -0.39 is 0 Å². The van der Waals surface area contributed by atoms with Gasteiger partial charge in [0.1, 0.15) is 0 Å². The number of carbonyl (C=O) groups is 2. The van der Waals surface area contributed by atoms with Crippen LogP contribution in [-0.4, -0.2) is 50.0 Å². The first kappa shape index (κ1) is 21.0. The highest BCUT2D eigenvalue weighted by Gasteiger charge is 2.22. The van der Waals surface area contributed by atoms with Gasteiger partial charge in [0.2, 0.25) is 11.7 Å². The lowest BCUT2D eigenvalue weighted by atomic mass is 10.1. The molecule has 0 spiro atoms. The molecule has 0 radical (unpaired) electrons. The Kier molecular flexibility index (Phi) is 6.57. The fraction of sp³-hybridized carbons (Fsp3) is 0.318. The summed E-state index contributed by atoms with van der Waals surface area (Å²) in [5.41, 5.74) is 1.80. The van der Waals surface area contributed by atoms with E-state index in [-0.39, 0.29) is 18.2 Å². The second kappa shape index (κ2) is 9.70. The Morgan fingerprint density at radius 1 is 1.06 bits per heavy atom. The number of anilines is 1. The summed E-state index contributed by atoms with van der Waals surface area (Å²) in [4.78, 5) is 28.6. The zero-order valence-corrected chi connectivity index (χ0v) is 17.8. The van der Waals surface area contributed by atoms with Crippen LogP contribution in [0.2, 0.25) is 5.02 Å². The first-order valence-electron chi connectivity index (χ1n) is 10.3. The SMILES string of the molecule is O=C(CCCn1nnc(-c2ccccc2)n1)Nc1cc(Cl)ccc1C(=O)N1CCCC1. The lowest BCUT2D eigenvalue weighted by molar-refractivity contribution is -0.116. The maximum atomic E-state index is 12.8. The molecule has 1 aliphatic heterocycles.